The van der Waals surface area contributed by atoms with Gasteiger partial charge in [0.15, 0.2) is 0 Å². The molecule has 1 fully saturated rings. The van der Waals surface area contributed by atoms with Crippen molar-refractivity contribution in [2.24, 2.45) is 11.8 Å². The van der Waals surface area contributed by atoms with E-state index in [1.165, 1.54) is 12.8 Å². The minimum atomic E-state index is 0.120. The van der Waals surface area contributed by atoms with Crippen LogP contribution in [0.3, 0.4) is 0 Å². The highest BCUT2D eigenvalue weighted by Crippen LogP contribution is 2.35. The minimum absolute atomic E-state index is 0.120. The Kier molecular flexibility index (Phi) is 4.22. The van der Waals surface area contributed by atoms with Crippen LogP contribution in [0.2, 0.25) is 0 Å². The first-order valence-electron chi connectivity index (χ1n) is 5.21. The number of rotatable bonds is 6. The molecule has 3 nitrogen and oxygen atoms in total. The fourth-order valence-electron chi connectivity index (χ4n) is 1.41. The van der Waals surface area contributed by atoms with E-state index in [0.717, 1.165) is 19.0 Å². The van der Waals surface area contributed by atoms with E-state index in [1.54, 1.807) is 0 Å². The summed E-state index contributed by atoms with van der Waals surface area (Å²) in [5.74, 6) is 1.65. The molecule has 1 unspecified atom stereocenters. The second-order valence-corrected chi connectivity index (χ2v) is 3.90. The van der Waals surface area contributed by atoms with Crippen LogP contribution in [0.5, 0.6) is 0 Å². The molecule has 1 amide bonds. The zero-order valence-electron chi connectivity index (χ0n) is 8.60. The molecule has 1 saturated carbocycles. The van der Waals surface area contributed by atoms with Crippen LogP contribution in [0.25, 0.3) is 0 Å². The molecule has 0 aromatic rings. The Hall–Kier alpha value is -0.570. The summed E-state index contributed by atoms with van der Waals surface area (Å²) in [5, 5.41) is 5.94. The van der Waals surface area contributed by atoms with Gasteiger partial charge in [0.2, 0.25) is 5.91 Å². The van der Waals surface area contributed by atoms with Gasteiger partial charge in [0.1, 0.15) is 0 Å². The van der Waals surface area contributed by atoms with Gasteiger partial charge in [-0.15, -0.1) is 0 Å². The zero-order chi connectivity index (χ0) is 9.68. The summed E-state index contributed by atoms with van der Waals surface area (Å²) in [6.07, 6.45) is 2.70. The molecule has 13 heavy (non-hydrogen) atoms. The van der Waals surface area contributed by atoms with Crippen molar-refractivity contribution in [1.82, 2.24) is 10.6 Å². The maximum Gasteiger partial charge on any atom is 0.233 e. The summed E-state index contributed by atoms with van der Waals surface area (Å²) in [5.41, 5.74) is 0. The molecule has 0 saturated heterocycles. The Labute approximate surface area is 80.3 Å². The molecule has 0 aromatic heterocycles. The molecule has 1 aliphatic carbocycles. The molecule has 1 aliphatic rings. The van der Waals surface area contributed by atoms with Crippen molar-refractivity contribution >= 4 is 5.91 Å². The van der Waals surface area contributed by atoms with Gasteiger partial charge >= 0.3 is 0 Å². The van der Waals surface area contributed by atoms with Crippen LogP contribution in [-0.4, -0.2) is 25.5 Å². The lowest BCUT2D eigenvalue weighted by Crippen LogP contribution is -2.36. The van der Waals surface area contributed by atoms with Crippen molar-refractivity contribution in [2.75, 3.05) is 19.6 Å². The average molecular weight is 184 g/mol. The topological polar surface area (TPSA) is 41.1 Å². The summed E-state index contributed by atoms with van der Waals surface area (Å²) < 4.78 is 0. The number of carbonyl (C=O) groups excluding carboxylic acids is 1. The lowest BCUT2D eigenvalue weighted by molar-refractivity contribution is -0.120. The smallest absolute Gasteiger partial charge is 0.233 e. The first-order valence-corrected chi connectivity index (χ1v) is 5.21. The molecule has 0 aliphatic heterocycles. The Bertz CT molecular complexity index is 166. The highest BCUT2D eigenvalue weighted by molar-refractivity contribution is 5.77. The Balaban J connectivity index is 2.00. The third-order valence-corrected chi connectivity index (χ3v) is 2.58. The largest absolute Gasteiger partial charge is 0.355 e. The Morgan fingerprint density at radius 1 is 1.54 bits per heavy atom. The predicted octanol–water partition coefficient (Wildman–Crippen LogP) is 0.758. The molecule has 0 radical (unpaired) electrons. The SMILES string of the molecule is CCNCC(=O)NCC(C)C1CC1. The van der Waals surface area contributed by atoms with Crippen LogP contribution < -0.4 is 10.6 Å². The van der Waals surface area contributed by atoms with E-state index >= 15 is 0 Å². The molecule has 0 spiro atoms. The molecule has 1 rings (SSSR count). The van der Waals surface area contributed by atoms with Gasteiger partial charge in [-0.05, 0) is 31.2 Å². The van der Waals surface area contributed by atoms with Crippen LogP contribution in [0, 0.1) is 11.8 Å². The second-order valence-electron chi connectivity index (χ2n) is 3.90. The predicted molar refractivity (Wildman–Crippen MR) is 53.4 cm³/mol. The molecule has 0 bridgehead atoms. The lowest BCUT2D eigenvalue weighted by atomic mass is 10.1. The molecule has 3 heteroatoms. The van der Waals surface area contributed by atoms with Gasteiger partial charge in [-0.1, -0.05) is 13.8 Å². The van der Waals surface area contributed by atoms with Crippen molar-refractivity contribution in [2.45, 2.75) is 26.7 Å². The molecular weight excluding hydrogens is 164 g/mol. The number of hydrogen-bond donors (Lipinski definition) is 2. The van der Waals surface area contributed by atoms with Crippen LogP contribution in [0.1, 0.15) is 26.7 Å². The Morgan fingerprint density at radius 3 is 2.77 bits per heavy atom. The van der Waals surface area contributed by atoms with Crippen molar-refractivity contribution in [3.63, 3.8) is 0 Å². The third kappa shape index (κ3) is 4.27. The van der Waals surface area contributed by atoms with Gasteiger partial charge in [0.05, 0.1) is 6.54 Å². The van der Waals surface area contributed by atoms with E-state index in [1.807, 2.05) is 6.92 Å². The zero-order valence-corrected chi connectivity index (χ0v) is 8.60. The van der Waals surface area contributed by atoms with Gasteiger partial charge in [-0.25, -0.2) is 0 Å². The second kappa shape index (κ2) is 5.22. The molecule has 1 atom stereocenters. The van der Waals surface area contributed by atoms with Crippen LogP contribution in [0.4, 0.5) is 0 Å². The van der Waals surface area contributed by atoms with Crippen molar-refractivity contribution in [3.8, 4) is 0 Å². The van der Waals surface area contributed by atoms with Crippen LogP contribution >= 0.6 is 0 Å². The fraction of sp³-hybridized carbons (Fsp3) is 0.900. The number of likely N-dealkylation sites (N-methyl/N-ethyl adjacent to an activating group) is 1. The maximum absolute atomic E-state index is 11.2. The van der Waals surface area contributed by atoms with Crippen LogP contribution in [-0.2, 0) is 4.79 Å². The van der Waals surface area contributed by atoms with Gasteiger partial charge in [-0.3, -0.25) is 4.79 Å². The number of nitrogens with one attached hydrogen (secondary N) is 2. The summed E-state index contributed by atoms with van der Waals surface area (Å²) in [6.45, 7) is 6.36. The molecular formula is C10H20N2O. The normalized spacial score (nSPS) is 18.3. The van der Waals surface area contributed by atoms with E-state index in [4.69, 9.17) is 0 Å². The standard InChI is InChI=1S/C10H20N2O/c1-3-11-7-10(13)12-6-8(2)9-4-5-9/h8-9,11H,3-7H2,1-2H3,(H,12,13). The van der Waals surface area contributed by atoms with E-state index < -0.39 is 0 Å². The van der Waals surface area contributed by atoms with Crippen molar-refractivity contribution < 1.29 is 4.79 Å². The first kappa shape index (κ1) is 10.5. The average Bonchev–Trinajstić information content (AvgIpc) is 2.93. The molecule has 2 N–H and O–H groups in total. The lowest BCUT2D eigenvalue weighted by Gasteiger charge is -2.11. The molecule has 0 heterocycles. The van der Waals surface area contributed by atoms with E-state index in [0.29, 0.717) is 12.5 Å². The maximum atomic E-state index is 11.2. The first-order chi connectivity index (χ1) is 6.24. The molecule has 76 valence electrons. The van der Waals surface area contributed by atoms with Crippen molar-refractivity contribution in [1.29, 1.82) is 0 Å². The quantitative estimate of drug-likeness (QED) is 0.640. The monoisotopic (exact) mass is 184 g/mol. The van der Waals surface area contributed by atoms with E-state index in [2.05, 4.69) is 17.6 Å². The number of hydrogen-bond acceptors (Lipinski definition) is 2. The minimum Gasteiger partial charge on any atom is -0.355 e. The number of carbonyl (C=O) groups is 1. The van der Waals surface area contributed by atoms with Gasteiger partial charge in [0.25, 0.3) is 0 Å². The highest BCUT2D eigenvalue weighted by atomic mass is 16.1. The van der Waals surface area contributed by atoms with E-state index in [-0.39, 0.29) is 5.91 Å². The van der Waals surface area contributed by atoms with Crippen molar-refractivity contribution in [3.05, 3.63) is 0 Å². The van der Waals surface area contributed by atoms with Crippen LogP contribution in [0.15, 0.2) is 0 Å². The van der Waals surface area contributed by atoms with E-state index in [9.17, 15) is 4.79 Å². The Morgan fingerprint density at radius 2 is 2.23 bits per heavy atom. The van der Waals surface area contributed by atoms with Gasteiger partial charge in [0, 0.05) is 6.54 Å². The summed E-state index contributed by atoms with van der Waals surface area (Å²) in [4.78, 5) is 11.2. The number of amides is 1. The summed E-state index contributed by atoms with van der Waals surface area (Å²) in [6, 6.07) is 0. The fourth-order valence-corrected chi connectivity index (χ4v) is 1.41. The van der Waals surface area contributed by atoms with Gasteiger partial charge in [-0.2, -0.15) is 0 Å². The summed E-state index contributed by atoms with van der Waals surface area (Å²) in [7, 11) is 0. The third-order valence-electron chi connectivity index (χ3n) is 2.58. The van der Waals surface area contributed by atoms with Gasteiger partial charge < -0.3 is 10.6 Å². The summed E-state index contributed by atoms with van der Waals surface area (Å²) >= 11 is 0. The highest BCUT2D eigenvalue weighted by Gasteiger charge is 2.27. The molecule has 0 aromatic carbocycles.